The maximum absolute atomic E-state index is 14.8. The number of fused-ring (bicyclic) bond motifs is 2. The van der Waals surface area contributed by atoms with Gasteiger partial charge in [0.05, 0.1) is 58.8 Å². The van der Waals surface area contributed by atoms with E-state index in [1.807, 2.05) is 76.6 Å². The fourth-order valence-corrected chi connectivity index (χ4v) is 10.4. The van der Waals surface area contributed by atoms with Gasteiger partial charge in [-0.1, -0.05) is 67.6 Å². The third kappa shape index (κ3) is 16.0. The molecular formula is C60H79N8O17+. The summed E-state index contributed by atoms with van der Waals surface area (Å²) in [6.07, 6.45) is -15.8. The second kappa shape index (κ2) is 28.1. The Hall–Kier alpha value is -7.59. The van der Waals surface area contributed by atoms with Gasteiger partial charge in [-0.15, -0.1) is 0 Å². The minimum atomic E-state index is -2.29. The molecule has 0 spiro atoms. The van der Waals surface area contributed by atoms with Crippen LogP contribution in [-0.2, 0) is 33.5 Å². The molecule has 0 unspecified atom stereocenters. The second-order valence-corrected chi connectivity index (χ2v) is 23.0. The van der Waals surface area contributed by atoms with Gasteiger partial charge < -0.3 is 91.2 Å². The Morgan fingerprint density at radius 2 is 1.18 bits per heavy atom. The van der Waals surface area contributed by atoms with Crippen LogP contribution in [0.5, 0.6) is 11.5 Å². The van der Waals surface area contributed by atoms with Crippen molar-refractivity contribution in [3.8, 4) is 33.8 Å². The number of hydrogen-bond acceptors (Lipinski definition) is 17. The standard InChI is InChI=1S/C60H78N8O17/c1-8-84-42-23-19-37(20-24-42)35-11-9-34(10-12-35)36-13-15-39(16-14-36)53(77)61-43-28-45(73)58(85-26-25-68(5,6)7)65-57(81)49-50(74)31(2)29-67(49)60(83)47(33(4)70)63-56(80)48(52(76)51(75)38-17-21-40(71)22-18-38)64-55(79)44-27-41(72)30-66(44)59(82)46(32(3)69)62-54(43)78/h9-24,31-33,41,43-52,58,69-70,72-76H,8,25-30H2,1-7H3,(H5-,61,62,63,64,65,71,77,78,79,80,81)/p+1/t31-,32+,33+,41+,43-,44-,45+,46-,47-,48-,49-,50-,51-,52-,58+/m0/s1. The van der Waals surface area contributed by atoms with Crippen molar-refractivity contribution in [3.05, 3.63) is 108 Å². The van der Waals surface area contributed by atoms with Crippen LogP contribution >= 0.6 is 0 Å². The Kier molecular flexibility index (Phi) is 21.5. The highest BCUT2D eigenvalue weighted by atomic mass is 16.5. The molecule has 3 saturated heterocycles. The van der Waals surface area contributed by atoms with Gasteiger partial charge in [-0.05, 0) is 85.0 Å². The molecule has 85 heavy (non-hydrogen) atoms. The lowest BCUT2D eigenvalue weighted by atomic mass is 9.96. The van der Waals surface area contributed by atoms with E-state index < -0.39 is 152 Å². The molecule has 4 aromatic rings. The number of nitrogens with one attached hydrogen (secondary N) is 5. The first-order valence-corrected chi connectivity index (χ1v) is 28.2. The molecule has 15 atom stereocenters. The van der Waals surface area contributed by atoms with Crippen molar-refractivity contribution in [2.24, 2.45) is 5.92 Å². The maximum Gasteiger partial charge on any atom is 0.251 e. The fourth-order valence-electron chi connectivity index (χ4n) is 10.4. The molecule has 4 aromatic carbocycles. The second-order valence-electron chi connectivity index (χ2n) is 23.0. The highest BCUT2D eigenvalue weighted by Crippen LogP contribution is 2.30. The van der Waals surface area contributed by atoms with Crippen LogP contribution in [-0.4, -0.2) is 230 Å². The van der Waals surface area contributed by atoms with Gasteiger partial charge in [0.25, 0.3) is 5.91 Å². The molecule has 7 rings (SSSR count). The van der Waals surface area contributed by atoms with Crippen molar-refractivity contribution in [2.45, 2.75) is 126 Å². The number of nitrogens with zero attached hydrogens (tertiary/aromatic N) is 3. The van der Waals surface area contributed by atoms with E-state index in [0.29, 0.717) is 11.1 Å². The number of carbonyl (C=O) groups excluding carboxylic acids is 7. The zero-order chi connectivity index (χ0) is 62.2. The number of aliphatic hydroxyl groups is 7. The number of likely N-dealkylation sites (N-methyl/N-ethyl adjacent to an activating group) is 1. The van der Waals surface area contributed by atoms with Gasteiger partial charge in [0, 0.05) is 37.4 Å². The van der Waals surface area contributed by atoms with Gasteiger partial charge in [0.15, 0.2) is 6.23 Å². The third-order valence-corrected chi connectivity index (χ3v) is 15.4. The fraction of sp³-hybridized carbons (Fsp3) is 0.483. The van der Waals surface area contributed by atoms with Crippen molar-refractivity contribution in [1.29, 1.82) is 0 Å². The minimum Gasteiger partial charge on any atom is -0.508 e. The number of benzene rings is 4. The Balaban J connectivity index is 1.26. The van der Waals surface area contributed by atoms with Crippen molar-refractivity contribution in [2.75, 3.05) is 54.0 Å². The Morgan fingerprint density at radius 1 is 0.659 bits per heavy atom. The predicted molar refractivity (Wildman–Crippen MR) is 306 cm³/mol. The minimum absolute atomic E-state index is 0.0445. The molecule has 0 saturated carbocycles. The number of quaternary nitrogens is 1. The summed E-state index contributed by atoms with van der Waals surface area (Å²) in [6.45, 7) is 5.46. The normalized spacial score (nSPS) is 27.2. The third-order valence-electron chi connectivity index (χ3n) is 15.4. The number of phenols is 1. The Bertz CT molecular complexity index is 2980. The number of ether oxygens (including phenoxy) is 2. The first kappa shape index (κ1) is 65.0. The first-order chi connectivity index (χ1) is 40.1. The van der Waals surface area contributed by atoms with E-state index in [2.05, 4.69) is 26.6 Å². The molecule has 0 radical (unpaired) electrons. The van der Waals surface area contributed by atoms with Crippen molar-refractivity contribution in [3.63, 3.8) is 0 Å². The average molecular weight is 1180 g/mol. The zero-order valence-corrected chi connectivity index (χ0v) is 48.4. The summed E-state index contributed by atoms with van der Waals surface area (Å²) in [5, 5.41) is 102. The number of aromatic hydroxyl groups is 1. The molecule has 0 aliphatic carbocycles. The van der Waals surface area contributed by atoms with E-state index in [4.69, 9.17) is 9.47 Å². The van der Waals surface area contributed by atoms with Crippen molar-refractivity contribution < 1.29 is 88.4 Å². The monoisotopic (exact) mass is 1180 g/mol. The highest BCUT2D eigenvalue weighted by Gasteiger charge is 2.50. The lowest BCUT2D eigenvalue weighted by Crippen LogP contribution is -2.64. The summed E-state index contributed by atoms with van der Waals surface area (Å²) in [4.78, 5) is 104. The van der Waals surface area contributed by atoms with Crippen LogP contribution < -0.4 is 31.3 Å². The van der Waals surface area contributed by atoms with E-state index in [9.17, 15) is 74.4 Å². The van der Waals surface area contributed by atoms with Gasteiger partial charge in [-0.2, -0.15) is 0 Å². The first-order valence-electron chi connectivity index (χ1n) is 28.2. The van der Waals surface area contributed by atoms with E-state index in [1.165, 1.54) is 43.3 Å². The van der Waals surface area contributed by atoms with Gasteiger partial charge in [0.1, 0.15) is 72.6 Å². The molecule has 13 N–H and O–H groups in total. The number of hydrogen-bond donors (Lipinski definition) is 13. The van der Waals surface area contributed by atoms with Gasteiger partial charge in [-0.25, -0.2) is 0 Å². The molecule has 460 valence electrons. The van der Waals surface area contributed by atoms with Crippen LogP contribution in [0, 0.1) is 5.92 Å². The Morgan fingerprint density at radius 3 is 1.72 bits per heavy atom. The summed E-state index contributed by atoms with van der Waals surface area (Å²) >= 11 is 0. The summed E-state index contributed by atoms with van der Waals surface area (Å²) in [7, 11) is 5.52. The highest BCUT2D eigenvalue weighted by molar-refractivity contribution is 6.00. The summed E-state index contributed by atoms with van der Waals surface area (Å²) in [5.41, 5.74) is 3.44. The lowest BCUT2D eigenvalue weighted by Gasteiger charge is -2.34. The molecule has 0 aromatic heterocycles. The molecular weight excluding hydrogens is 1100 g/mol. The molecule has 7 amide bonds. The molecule has 25 heteroatoms. The van der Waals surface area contributed by atoms with Crippen LogP contribution in [0.4, 0.5) is 0 Å². The average Bonchev–Trinajstić information content (AvgIpc) is 3.21. The summed E-state index contributed by atoms with van der Waals surface area (Å²) in [6, 6.07) is 15.0. The van der Waals surface area contributed by atoms with Crippen LogP contribution in [0.1, 0.15) is 62.6 Å². The van der Waals surface area contributed by atoms with E-state index in [0.717, 1.165) is 51.7 Å². The molecule has 3 heterocycles. The molecule has 3 aliphatic heterocycles. The largest absolute Gasteiger partial charge is 0.508 e. The van der Waals surface area contributed by atoms with E-state index in [-0.39, 0.29) is 36.6 Å². The lowest BCUT2D eigenvalue weighted by molar-refractivity contribution is -0.870. The maximum atomic E-state index is 14.8. The summed E-state index contributed by atoms with van der Waals surface area (Å²) < 4.78 is 12.0. The van der Waals surface area contributed by atoms with Crippen LogP contribution in [0.15, 0.2) is 97.1 Å². The quantitative estimate of drug-likeness (QED) is 0.0611. The topological polar surface area (TPSA) is 366 Å². The number of phenolic OH excluding ortho intramolecular Hbond substituents is 1. The van der Waals surface area contributed by atoms with Crippen LogP contribution in [0.25, 0.3) is 22.3 Å². The van der Waals surface area contributed by atoms with Crippen molar-refractivity contribution >= 4 is 41.4 Å². The molecule has 25 nitrogen and oxygen atoms in total. The van der Waals surface area contributed by atoms with E-state index >= 15 is 0 Å². The van der Waals surface area contributed by atoms with Gasteiger partial charge in [0.2, 0.25) is 35.4 Å². The van der Waals surface area contributed by atoms with Crippen molar-refractivity contribution in [1.82, 2.24) is 36.4 Å². The number of carbonyl (C=O) groups is 7. The summed E-state index contributed by atoms with van der Waals surface area (Å²) in [5.74, 6) is -8.29. The van der Waals surface area contributed by atoms with Gasteiger partial charge >= 0.3 is 0 Å². The van der Waals surface area contributed by atoms with Crippen LogP contribution in [0.3, 0.4) is 0 Å². The number of rotatable bonds is 15. The number of aliphatic hydroxyl groups excluding tert-OH is 7. The molecule has 3 fully saturated rings. The molecule has 3 aliphatic rings. The SMILES string of the molecule is CCOc1ccc(-c2ccc(-c3ccc(C(=O)N[C@H]4C[C@@H](O)[C@@H](OCC[N+](C)(C)C)NC(=O)[C@@H]5[C@@H](O)[C@@H](C)CN5C(=O)[C@H]([C@@H](C)O)NC(=O)[C@H]([C@H](O)[C@@H](O)c5ccc(O)cc5)NC(=O)[C@@H]5C[C@@H](O)CN5C(=O)[C@H]([C@@H](C)O)NC4=O)cc3)cc2)cc1. The molecule has 0 bridgehead atoms. The zero-order valence-electron chi connectivity index (χ0n) is 48.4. The Labute approximate surface area is 492 Å². The van der Waals surface area contributed by atoms with Gasteiger partial charge in [-0.3, -0.25) is 33.6 Å². The van der Waals surface area contributed by atoms with Crippen LogP contribution in [0.2, 0.25) is 0 Å². The smallest absolute Gasteiger partial charge is 0.251 e. The number of amides is 7. The predicted octanol–water partition coefficient (Wildman–Crippen LogP) is -1.37. The van der Waals surface area contributed by atoms with E-state index in [1.54, 1.807) is 12.1 Å².